The molecule has 12 heavy (non-hydrogen) atoms. The molecule has 0 unspecified atom stereocenters. The number of Topliss-reactive ketones (excluding diaryl/α,β-unsaturated/α-hetero) is 1. The number of alkyl halides is 1. The molecule has 1 rings (SSSR count). The molecule has 0 aliphatic rings. The average molecular weight is 295 g/mol. The van der Waals surface area contributed by atoms with Crippen LogP contribution in [0.2, 0.25) is 0 Å². The molecule has 0 aliphatic carbocycles. The normalized spacial score (nSPS) is 9.83. The Morgan fingerprint density at radius 2 is 2.25 bits per heavy atom. The second-order valence-electron chi connectivity index (χ2n) is 2.37. The van der Waals surface area contributed by atoms with Crippen molar-refractivity contribution in [2.24, 2.45) is 0 Å². The van der Waals surface area contributed by atoms with Gasteiger partial charge in [0.1, 0.15) is 0 Å². The van der Waals surface area contributed by atoms with E-state index in [1.807, 2.05) is 24.3 Å². The van der Waals surface area contributed by atoms with E-state index in [1.54, 1.807) is 0 Å². The number of rotatable bonds is 3. The van der Waals surface area contributed by atoms with Crippen LogP contribution in [0.1, 0.15) is 16.8 Å². The van der Waals surface area contributed by atoms with Crippen LogP contribution >= 0.6 is 34.2 Å². The van der Waals surface area contributed by atoms with E-state index in [1.165, 1.54) is 0 Å². The van der Waals surface area contributed by atoms with E-state index in [2.05, 4.69) is 22.6 Å². The van der Waals surface area contributed by atoms with Crippen LogP contribution in [0.3, 0.4) is 0 Å². The smallest absolute Gasteiger partial charge is 0.164 e. The fourth-order valence-corrected chi connectivity index (χ4v) is 1.61. The molecule has 0 radical (unpaired) electrons. The molecular weight excluding hydrogens is 286 g/mol. The highest BCUT2D eigenvalue weighted by molar-refractivity contribution is 14.1. The monoisotopic (exact) mass is 294 g/mol. The lowest BCUT2D eigenvalue weighted by Gasteiger charge is -1.98. The SMILES string of the molecule is O=C(CCCl)c1cccc(I)c1. The summed E-state index contributed by atoms with van der Waals surface area (Å²) in [5.74, 6) is 0.508. The van der Waals surface area contributed by atoms with Crippen molar-refractivity contribution in [3.05, 3.63) is 33.4 Å². The van der Waals surface area contributed by atoms with Crippen LogP contribution in [0.25, 0.3) is 0 Å². The molecule has 1 aromatic carbocycles. The van der Waals surface area contributed by atoms with E-state index in [9.17, 15) is 4.79 Å². The standard InChI is InChI=1S/C9H8ClIO/c10-5-4-9(12)7-2-1-3-8(11)6-7/h1-3,6H,4-5H2. The minimum Gasteiger partial charge on any atom is -0.294 e. The number of ketones is 1. The number of carbonyl (C=O) groups is 1. The molecule has 1 nitrogen and oxygen atoms in total. The van der Waals surface area contributed by atoms with Crippen molar-refractivity contribution >= 4 is 40.0 Å². The number of halogens is 2. The topological polar surface area (TPSA) is 17.1 Å². The Balaban J connectivity index is 2.81. The van der Waals surface area contributed by atoms with Crippen LogP contribution in [0.4, 0.5) is 0 Å². The molecule has 0 aromatic heterocycles. The molecule has 3 heteroatoms. The number of carbonyl (C=O) groups excluding carboxylic acids is 1. The first-order valence-corrected chi connectivity index (χ1v) is 5.20. The first-order valence-electron chi connectivity index (χ1n) is 3.59. The molecule has 64 valence electrons. The van der Waals surface area contributed by atoms with Crippen molar-refractivity contribution in [2.75, 3.05) is 5.88 Å². The van der Waals surface area contributed by atoms with Gasteiger partial charge in [-0.2, -0.15) is 0 Å². The Labute approximate surface area is 90.3 Å². The van der Waals surface area contributed by atoms with Crippen LogP contribution in [0.5, 0.6) is 0 Å². The highest BCUT2D eigenvalue weighted by Gasteiger charge is 2.03. The third-order valence-corrected chi connectivity index (χ3v) is 2.33. The van der Waals surface area contributed by atoms with Crippen molar-refractivity contribution in [3.8, 4) is 0 Å². The second-order valence-corrected chi connectivity index (χ2v) is 4.00. The quantitative estimate of drug-likeness (QED) is 0.476. The van der Waals surface area contributed by atoms with Gasteiger partial charge < -0.3 is 0 Å². The zero-order valence-electron chi connectivity index (χ0n) is 6.39. The number of hydrogen-bond acceptors (Lipinski definition) is 1. The molecule has 0 saturated carbocycles. The predicted molar refractivity (Wildman–Crippen MR) is 58.8 cm³/mol. The van der Waals surface area contributed by atoms with Crippen LogP contribution in [0, 0.1) is 3.57 Å². The van der Waals surface area contributed by atoms with Crippen LogP contribution in [-0.2, 0) is 0 Å². The van der Waals surface area contributed by atoms with E-state index in [0.717, 1.165) is 9.13 Å². The molecule has 0 spiro atoms. The maximum atomic E-state index is 11.3. The fraction of sp³-hybridized carbons (Fsp3) is 0.222. The molecule has 1 aromatic rings. The highest BCUT2D eigenvalue weighted by Crippen LogP contribution is 2.09. The van der Waals surface area contributed by atoms with Crippen molar-refractivity contribution in [2.45, 2.75) is 6.42 Å². The third kappa shape index (κ3) is 2.75. The van der Waals surface area contributed by atoms with Crippen molar-refractivity contribution < 1.29 is 4.79 Å². The Hall–Kier alpha value is -0.0900. The summed E-state index contributed by atoms with van der Waals surface area (Å²) in [5.41, 5.74) is 0.752. The summed E-state index contributed by atoms with van der Waals surface area (Å²) in [6.45, 7) is 0. The lowest BCUT2D eigenvalue weighted by molar-refractivity contribution is 0.0989. The molecule has 0 amide bonds. The summed E-state index contributed by atoms with van der Waals surface area (Å²) in [6, 6.07) is 7.52. The predicted octanol–water partition coefficient (Wildman–Crippen LogP) is 3.10. The Bertz CT molecular complexity index is 286. The summed E-state index contributed by atoms with van der Waals surface area (Å²) in [7, 11) is 0. The van der Waals surface area contributed by atoms with Gasteiger partial charge in [0.05, 0.1) is 0 Å². The van der Waals surface area contributed by atoms with Crippen molar-refractivity contribution in [1.82, 2.24) is 0 Å². The summed E-state index contributed by atoms with van der Waals surface area (Å²) in [4.78, 5) is 11.3. The summed E-state index contributed by atoms with van der Waals surface area (Å²) >= 11 is 7.65. The maximum absolute atomic E-state index is 11.3. The van der Waals surface area contributed by atoms with E-state index >= 15 is 0 Å². The van der Waals surface area contributed by atoms with Gasteiger partial charge in [0.25, 0.3) is 0 Å². The van der Waals surface area contributed by atoms with Crippen LogP contribution in [0.15, 0.2) is 24.3 Å². The van der Waals surface area contributed by atoms with Gasteiger partial charge in [0.15, 0.2) is 5.78 Å². The molecule has 0 atom stereocenters. The van der Waals surface area contributed by atoms with Crippen molar-refractivity contribution in [1.29, 1.82) is 0 Å². The number of benzene rings is 1. The first kappa shape index (κ1) is 9.99. The van der Waals surface area contributed by atoms with Gasteiger partial charge in [0, 0.05) is 21.4 Å². The van der Waals surface area contributed by atoms with Crippen molar-refractivity contribution in [3.63, 3.8) is 0 Å². The van der Waals surface area contributed by atoms with E-state index in [4.69, 9.17) is 11.6 Å². The van der Waals surface area contributed by atoms with Gasteiger partial charge in [0.2, 0.25) is 0 Å². The molecular formula is C9H8ClIO. The minimum absolute atomic E-state index is 0.114. The Morgan fingerprint density at radius 3 is 2.83 bits per heavy atom. The van der Waals surface area contributed by atoms with E-state index in [-0.39, 0.29) is 5.78 Å². The minimum atomic E-state index is 0.114. The largest absolute Gasteiger partial charge is 0.294 e. The molecule has 0 N–H and O–H groups in total. The maximum Gasteiger partial charge on any atom is 0.164 e. The van der Waals surface area contributed by atoms with Gasteiger partial charge >= 0.3 is 0 Å². The zero-order chi connectivity index (χ0) is 8.97. The fourth-order valence-electron chi connectivity index (χ4n) is 0.892. The Kier molecular flexibility index (Phi) is 4.01. The molecule has 0 fully saturated rings. The van der Waals surface area contributed by atoms with Gasteiger partial charge in [-0.15, -0.1) is 11.6 Å². The Morgan fingerprint density at radius 1 is 1.50 bits per heavy atom. The third-order valence-electron chi connectivity index (χ3n) is 1.47. The van der Waals surface area contributed by atoms with Crippen LogP contribution in [-0.4, -0.2) is 11.7 Å². The van der Waals surface area contributed by atoms with Gasteiger partial charge in [-0.05, 0) is 34.7 Å². The lowest BCUT2D eigenvalue weighted by Crippen LogP contribution is -1.99. The summed E-state index contributed by atoms with van der Waals surface area (Å²) in [6.07, 6.45) is 0.418. The number of hydrogen-bond donors (Lipinski definition) is 0. The molecule has 0 heterocycles. The molecule has 0 saturated heterocycles. The lowest BCUT2D eigenvalue weighted by atomic mass is 10.1. The highest BCUT2D eigenvalue weighted by atomic mass is 127. The first-order chi connectivity index (χ1) is 5.74. The van der Waals surface area contributed by atoms with Gasteiger partial charge in [-0.1, -0.05) is 12.1 Å². The summed E-state index contributed by atoms with van der Waals surface area (Å²) in [5, 5.41) is 0. The summed E-state index contributed by atoms with van der Waals surface area (Å²) < 4.78 is 1.08. The van der Waals surface area contributed by atoms with E-state index < -0.39 is 0 Å². The van der Waals surface area contributed by atoms with Crippen LogP contribution < -0.4 is 0 Å². The second kappa shape index (κ2) is 4.82. The average Bonchev–Trinajstić information content (AvgIpc) is 2.05. The van der Waals surface area contributed by atoms with Gasteiger partial charge in [-0.25, -0.2) is 0 Å². The molecule has 0 aliphatic heterocycles. The molecule has 0 bridgehead atoms. The van der Waals surface area contributed by atoms with Gasteiger partial charge in [-0.3, -0.25) is 4.79 Å². The van der Waals surface area contributed by atoms with E-state index in [0.29, 0.717) is 12.3 Å². The zero-order valence-corrected chi connectivity index (χ0v) is 9.30.